The Morgan fingerprint density at radius 1 is 1.21 bits per heavy atom. The summed E-state index contributed by atoms with van der Waals surface area (Å²) in [6, 6.07) is 10.7. The summed E-state index contributed by atoms with van der Waals surface area (Å²) in [5, 5.41) is 13.7. The number of benzene rings is 2. The number of nitro groups is 1. The molecule has 28 heavy (non-hydrogen) atoms. The fourth-order valence-corrected chi connectivity index (χ4v) is 3.10. The predicted octanol–water partition coefficient (Wildman–Crippen LogP) is 5.76. The fourth-order valence-electron chi connectivity index (χ4n) is 2.61. The van der Waals surface area contributed by atoms with Crippen molar-refractivity contribution in [1.29, 1.82) is 0 Å². The van der Waals surface area contributed by atoms with E-state index in [4.69, 9.17) is 4.74 Å². The number of aryl methyl sites for hydroxylation is 1. The average Bonchev–Trinajstić information content (AvgIpc) is 2.60. The summed E-state index contributed by atoms with van der Waals surface area (Å²) in [6.45, 7) is 8.57. The Balaban J connectivity index is 1.86. The highest BCUT2D eigenvalue weighted by molar-refractivity contribution is 9.10. The first-order valence-electron chi connectivity index (χ1n) is 9.05. The van der Waals surface area contributed by atoms with Crippen LogP contribution in [0, 0.1) is 17.0 Å². The third-order valence-electron chi connectivity index (χ3n) is 4.23. The SMILES string of the molecule is Cc1ccc(NC(=O)CCCOc2ccc(C(C)(C)C)cc2Br)c([N+](=O)[O-])c1. The number of carbonyl (C=O) groups excluding carboxylic acids is 1. The zero-order valence-corrected chi connectivity index (χ0v) is 18.1. The third kappa shape index (κ3) is 6.05. The fraction of sp³-hybridized carbons (Fsp3) is 0.381. The summed E-state index contributed by atoms with van der Waals surface area (Å²) in [5.41, 5.74) is 2.12. The van der Waals surface area contributed by atoms with Crippen LogP contribution in [0.3, 0.4) is 0 Å². The first kappa shape index (κ1) is 21.9. The summed E-state index contributed by atoms with van der Waals surface area (Å²) in [7, 11) is 0. The molecule has 2 aromatic rings. The minimum absolute atomic E-state index is 0.0533. The first-order chi connectivity index (χ1) is 13.1. The second-order valence-electron chi connectivity index (χ2n) is 7.67. The van der Waals surface area contributed by atoms with Crippen LogP contribution < -0.4 is 10.1 Å². The highest BCUT2D eigenvalue weighted by atomic mass is 79.9. The van der Waals surface area contributed by atoms with Crippen LogP contribution in [0.1, 0.15) is 44.7 Å². The van der Waals surface area contributed by atoms with Crippen LogP contribution in [-0.2, 0) is 10.2 Å². The molecule has 0 atom stereocenters. The number of halogens is 1. The Morgan fingerprint density at radius 3 is 2.54 bits per heavy atom. The van der Waals surface area contributed by atoms with Crippen molar-refractivity contribution in [3.8, 4) is 5.75 Å². The van der Waals surface area contributed by atoms with Gasteiger partial charge in [-0.25, -0.2) is 0 Å². The maximum atomic E-state index is 12.1. The Hall–Kier alpha value is -2.41. The molecule has 150 valence electrons. The second-order valence-corrected chi connectivity index (χ2v) is 8.53. The standard InChI is InChI=1S/C21H25BrN2O4/c1-14-7-9-17(18(12-14)24(26)27)23-20(25)6-5-11-28-19-10-8-15(13-16(19)22)21(2,3)4/h7-10,12-13H,5-6,11H2,1-4H3,(H,23,25). The van der Waals surface area contributed by atoms with E-state index < -0.39 is 4.92 Å². The molecule has 7 heteroatoms. The number of amides is 1. The Bertz CT molecular complexity index is 875. The molecule has 0 fully saturated rings. The van der Waals surface area contributed by atoms with Crippen molar-refractivity contribution in [3.63, 3.8) is 0 Å². The lowest BCUT2D eigenvalue weighted by molar-refractivity contribution is -0.384. The maximum Gasteiger partial charge on any atom is 0.293 e. The molecule has 1 N–H and O–H groups in total. The van der Waals surface area contributed by atoms with Gasteiger partial charge in [0.05, 0.1) is 16.0 Å². The minimum Gasteiger partial charge on any atom is -0.492 e. The molecular formula is C21H25BrN2O4. The second kappa shape index (κ2) is 9.19. The minimum atomic E-state index is -0.496. The zero-order chi connectivity index (χ0) is 20.9. The molecule has 2 aromatic carbocycles. The van der Waals surface area contributed by atoms with E-state index in [1.807, 2.05) is 18.2 Å². The smallest absolute Gasteiger partial charge is 0.293 e. The van der Waals surface area contributed by atoms with Gasteiger partial charge in [-0.05, 0) is 64.0 Å². The van der Waals surface area contributed by atoms with E-state index in [0.29, 0.717) is 13.0 Å². The van der Waals surface area contributed by atoms with Crippen LogP contribution in [0.2, 0.25) is 0 Å². The van der Waals surface area contributed by atoms with Crippen LogP contribution in [0.4, 0.5) is 11.4 Å². The lowest BCUT2D eigenvalue weighted by Gasteiger charge is -2.20. The van der Waals surface area contributed by atoms with Crippen molar-refractivity contribution >= 4 is 33.2 Å². The van der Waals surface area contributed by atoms with Crippen molar-refractivity contribution in [2.45, 2.75) is 46.0 Å². The molecule has 1 amide bonds. The highest BCUT2D eigenvalue weighted by Crippen LogP contribution is 2.31. The van der Waals surface area contributed by atoms with Crippen LogP contribution in [-0.4, -0.2) is 17.4 Å². The number of anilines is 1. The van der Waals surface area contributed by atoms with E-state index in [2.05, 4.69) is 42.0 Å². The molecule has 0 bridgehead atoms. The monoisotopic (exact) mass is 448 g/mol. The van der Waals surface area contributed by atoms with Crippen molar-refractivity contribution in [3.05, 3.63) is 62.1 Å². The van der Waals surface area contributed by atoms with E-state index in [1.165, 1.54) is 11.6 Å². The van der Waals surface area contributed by atoms with Gasteiger partial charge in [0.25, 0.3) is 5.69 Å². The number of nitro benzene ring substituents is 1. The number of nitrogens with one attached hydrogen (secondary N) is 1. The van der Waals surface area contributed by atoms with Gasteiger partial charge >= 0.3 is 0 Å². The van der Waals surface area contributed by atoms with Gasteiger partial charge in [-0.3, -0.25) is 14.9 Å². The van der Waals surface area contributed by atoms with Gasteiger partial charge in [-0.1, -0.05) is 32.9 Å². The van der Waals surface area contributed by atoms with Gasteiger partial charge < -0.3 is 10.1 Å². The van der Waals surface area contributed by atoms with E-state index in [9.17, 15) is 14.9 Å². The summed E-state index contributed by atoms with van der Waals surface area (Å²) in [5.74, 6) is 0.445. The molecule has 0 saturated heterocycles. The van der Waals surface area contributed by atoms with E-state index in [0.717, 1.165) is 15.8 Å². The maximum absolute atomic E-state index is 12.1. The molecule has 2 rings (SSSR count). The predicted molar refractivity (Wildman–Crippen MR) is 114 cm³/mol. The molecule has 0 aliphatic rings. The van der Waals surface area contributed by atoms with Gasteiger partial charge in [0.2, 0.25) is 5.91 Å². The van der Waals surface area contributed by atoms with Crippen LogP contribution >= 0.6 is 15.9 Å². The summed E-state index contributed by atoms with van der Waals surface area (Å²) in [4.78, 5) is 22.7. The molecule has 0 aromatic heterocycles. The zero-order valence-electron chi connectivity index (χ0n) is 16.5. The van der Waals surface area contributed by atoms with Crippen molar-refractivity contribution < 1.29 is 14.5 Å². The summed E-state index contributed by atoms with van der Waals surface area (Å²) < 4.78 is 6.62. The number of carbonyl (C=O) groups is 1. The van der Waals surface area contributed by atoms with E-state index in [1.54, 1.807) is 19.1 Å². The molecule has 0 aliphatic carbocycles. The summed E-state index contributed by atoms with van der Waals surface area (Å²) >= 11 is 3.52. The topological polar surface area (TPSA) is 81.5 Å². The highest BCUT2D eigenvalue weighted by Gasteiger charge is 2.17. The molecule has 0 aliphatic heterocycles. The van der Waals surface area contributed by atoms with Gasteiger partial charge in [0.1, 0.15) is 11.4 Å². The summed E-state index contributed by atoms with van der Waals surface area (Å²) in [6.07, 6.45) is 0.710. The van der Waals surface area contributed by atoms with Crippen molar-refractivity contribution in [2.75, 3.05) is 11.9 Å². The number of ether oxygens (including phenoxy) is 1. The Morgan fingerprint density at radius 2 is 1.93 bits per heavy atom. The molecule has 0 spiro atoms. The molecule has 6 nitrogen and oxygen atoms in total. The molecule has 0 unspecified atom stereocenters. The number of rotatable bonds is 7. The van der Waals surface area contributed by atoms with Crippen LogP contribution in [0.5, 0.6) is 5.75 Å². The lowest BCUT2D eigenvalue weighted by atomic mass is 9.87. The molecular weight excluding hydrogens is 424 g/mol. The van der Waals surface area contributed by atoms with Gasteiger partial charge in [0.15, 0.2) is 0 Å². The number of hydrogen-bond acceptors (Lipinski definition) is 4. The normalized spacial score (nSPS) is 11.2. The average molecular weight is 449 g/mol. The van der Waals surface area contributed by atoms with Crippen molar-refractivity contribution in [1.82, 2.24) is 0 Å². The third-order valence-corrected chi connectivity index (χ3v) is 4.85. The van der Waals surface area contributed by atoms with Crippen LogP contribution in [0.25, 0.3) is 0 Å². The quantitative estimate of drug-likeness (QED) is 0.331. The van der Waals surface area contributed by atoms with E-state index in [-0.39, 0.29) is 29.1 Å². The lowest BCUT2D eigenvalue weighted by Crippen LogP contribution is -2.14. The van der Waals surface area contributed by atoms with Gasteiger partial charge in [-0.15, -0.1) is 0 Å². The largest absolute Gasteiger partial charge is 0.492 e. The number of hydrogen-bond donors (Lipinski definition) is 1. The Labute approximate surface area is 173 Å². The van der Waals surface area contributed by atoms with Gasteiger partial charge in [0, 0.05) is 12.5 Å². The first-order valence-corrected chi connectivity index (χ1v) is 9.85. The Kier molecular flexibility index (Phi) is 7.18. The number of nitrogens with zero attached hydrogens (tertiary/aromatic N) is 1. The molecule has 0 heterocycles. The van der Waals surface area contributed by atoms with Crippen LogP contribution in [0.15, 0.2) is 40.9 Å². The van der Waals surface area contributed by atoms with E-state index >= 15 is 0 Å². The molecule has 0 radical (unpaired) electrons. The van der Waals surface area contributed by atoms with Crippen molar-refractivity contribution in [2.24, 2.45) is 0 Å². The molecule has 0 saturated carbocycles. The van der Waals surface area contributed by atoms with Gasteiger partial charge in [-0.2, -0.15) is 0 Å².